The van der Waals surface area contributed by atoms with E-state index in [0.717, 1.165) is 26.1 Å². The molecule has 1 N–H and O–H groups in total. The lowest BCUT2D eigenvalue weighted by Crippen LogP contribution is -2.37. The average Bonchev–Trinajstić information content (AvgIpc) is 2.32. The Morgan fingerprint density at radius 3 is 2.67 bits per heavy atom. The van der Waals surface area contributed by atoms with Crippen LogP contribution in [0.3, 0.4) is 0 Å². The number of nitrogens with zero attached hydrogens (tertiary/aromatic N) is 1. The Kier molecular flexibility index (Phi) is 3.09. The maximum Gasteiger partial charge on any atom is 0.0718 e. The van der Waals surface area contributed by atoms with E-state index in [-0.39, 0.29) is 0 Å². The lowest BCUT2D eigenvalue weighted by molar-refractivity contribution is 0.0362. The molecule has 0 amide bonds. The van der Waals surface area contributed by atoms with Gasteiger partial charge in [0.25, 0.3) is 0 Å². The number of hydrogen-bond acceptors (Lipinski definition) is 3. The lowest BCUT2D eigenvalue weighted by atomic mass is 10.1. The third kappa shape index (κ3) is 3.09. The maximum absolute atomic E-state index is 9.55. The molecule has 1 fully saturated rings. The summed E-state index contributed by atoms with van der Waals surface area (Å²) in [5.41, 5.74) is -0.581. The van der Waals surface area contributed by atoms with Gasteiger partial charge in [0.05, 0.1) is 11.7 Å². The van der Waals surface area contributed by atoms with Gasteiger partial charge in [-0.2, -0.15) is 0 Å². The van der Waals surface area contributed by atoms with E-state index in [2.05, 4.69) is 4.90 Å². The summed E-state index contributed by atoms with van der Waals surface area (Å²) in [6.07, 6.45) is 1.46. The van der Waals surface area contributed by atoms with Crippen molar-refractivity contribution >= 4 is 0 Å². The summed E-state index contributed by atoms with van der Waals surface area (Å²) in [6, 6.07) is 0. The summed E-state index contributed by atoms with van der Waals surface area (Å²) in [4.78, 5) is 2.24. The van der Waals surface area contributed by atoms with Gasteiger partial charge in [0.15, 0.2) is 0 Å². The van der Waals surface area contributed by atoms with Crippen LogP contribution < -0.4 is 0 Å². The molecule has 1 heterocycles. The second-order valence-electron chi connectivity index (χ2n) is 4.19. The Labute approximate surface area is 74.3 Å². The third-order valence-corrected chi connectivity index (χ3v) is 2.17. The van der Waals surface area contributed by atoms with Gasteiger partial charge in [0, 0.05) is 26.7 Å². The van der Waals surface area contributed by atoms with Crippen LogP contribution in [0.5, 0.6) is 0 Å². The van der Waals surface area contributed by atoms with Crippen molar-refractivity contribution in [3.63, 3.8) is 0 Å². The molecule has 1 aliphatic heterocycles. The second kappa shape index (κ2) is 3.73. The van der Waals surface area contributed by atoms with Crippen molar-refractivity contribution in [2.75, 3.05) is 26.7 Å². The molecular formula is C9H19NO2. The highest BCUT2D eigenvalue weighted by atomic mass is 16.5. The minimum Gasteiger partial charge on any atom is -0.389 e. The molecule has 0 radical (unpaired) electrons. The number of aliphatic hydroxyl groups is 1. The first kappa shape index (κ1) is 9.96. The van der Waals surface area contributed by atoms with Crippen molar-refractivity contribution in [1.29, 1.82) is 0 Å². The van der Waals surface area contributed by atoms with Crippen molar-refractivity contribution in [2.24, 2.45) is 0 Å². The zero-order valence-electron chi connectivity index (χ0n) is 8.21. The summed E-state index contributed by atoms with van der Waals surface area (Å²) >= 11 is 0. The van der Waals surface area contributed by atoms with Crippen LogP contribution in [0, 0.1) is 0 Å². The van der Waals surface area contributed by atoms with Gasteiger partial charge in [-0.1, -0.05) is 0 Å². The van der Waals surface area contributed by atoms with Crippen LogP contribution in [-0.4, -0.2) is 48.5 Å². The molecule has 0 aromatic heterocycles. The topological polar surface area (TPSA) is 32.7 Å². The molecule has 0 aromatic carbocycles. The summed E-state index contributed by atoms with van der Waals surface area (Å²) in [5.74, 6) is 0. The standard InChI is InChI=1S/C9H19NO2/c1-9(2,11)7-10-5-4-8(6-10)12-3/h8,11H,4-7H2,1-3H3. The van der Waals surface area contributed by atoms with Crippen LogP contribution in [0.2, 0.25) is 0 Å². The van der Waals surface area contributed by atoms with E-state index >= 15 is 0 Å². The molecule has 1 saturated heterocycles. The molecule has 1 aliphatic rings. The van der Waals surface area contributed by atoms with Crippen molar-refractivity contribution in [2.45, 2.75) is 32.0 Å². The second-order valence-corrected chi connectivity index (χ2v) is 4.19. The van der Waals surface area contributed by atoms with Gasteiger partial charge in [-0.05, 0) is 20.3 Å². The fourth-order valence-corrected chi connectivity index (χ4v) is 1.68. The number of hydrogen-bond donors (Lipinski definition) is 1. The van der Waals surface area contributed by atoms with Gasteiger partial charge < -0.3 is 9.84 Å². The van der Waals surface area contributed by atoms with E-state index < -0.39 is 5.60 Å². The Balaban J connectivity index is 2.28. The molecular weight excluding hydrogens is 154 g/mol. The maximum atomic E-state index is 9.55. The molecule has 0 spiro atoms. The van der Waals surface area contributed by atoms with Crippen LogP contribution in [0.25, 0.3) is 0 Å². The van der Waals surface area contributed by atoms with Crippen LogP contribution in [0.15, 0.2) is 0 Å². The van der Waals surface area contributed by atoms with Crippen LogP contribution in [0.4, 0.5) is 0 Å². The van der Waals surface area contributed by atoms with E-state index in [1.165, 1.54) is 0 Å². The average molecular weight is 173 g/mol. The molecule has 0 bridgehead atoms. The van der Waals surface area contributed by atoms with E-state index in [1.54, 1.807) is 7.11 Å². The summed E-state index contributed by atoms with van der Waals surface area (Å²) in [6.45, 7) is 6.43. The molecule has 1 unspecified atom stereocenters. The van der Waals surface area contributed by atoms with Crippen molar-refractivity contribution in [1.82, 2.24) is 4.90 Å². The van der Waals surface area contributed by atoms with Gasteiger partial charge in [0.2, 0.25) is 0 Å². The van der Waals surface area contributed by atoms with Crippen LogP contribution in [0.1, 0.15) is 20.3 Å². The summed E-state index contributed by atoms with van der Waals surface area (Å²) in [5, 5.41) is 9.55. The van der Waals surface area contributed by atoms with E-state index in [4.69, 9.17) is 4.74 Å². The van der Waals surface area contributed by atoms with Crippen molar-refractivity contribution < 1.29 is 9.84 Å². The zero-order valence-corrected chi connectivity index (χ0v) is 8.21. The molecule has 0 aromatic rings. The third-order valence-electron chi connectivity index (χ3n) is 2.17. The quantitative estimate of drug-likeness (QED) is 0.673. The number of ether oxygens (including phenoxy) is 1. The normalized spacial score (nSPS) is 26.5. The van der Waals surface area contributed by atoms with Gasteiger partial charge >= 0.3 is 0 Å². The first-order valence-corrected chi connectivity index (χ1v) is 4.49. The largest absolute Gasteiger partial charge is 0.389 e. The minimum absolute atomic E-state index is 0.368. The SMILES string of the molecule is COC1CCN(CC(C)(C)O)C1. The van der Waals surface area contributed by atoms with Gasteiger partial charge in [-0.25, -0.2) is 0 Å². The fraction of sp³-hybridized carbons (Fsp3) is 1.00. The Bertz CT molecular complexity index is 142. The predicted octanol–water partition coefficient (Wildman–Crippen LogP) is 0.478. The predicted molar refractivity (Wildman–Crippen MR) is 48.2 cm³/mol. The van der Waals surface area contributed by atoms with Crippen LogP contribution in [-0.2, 0) is 4.74 Å². The van der Waals surface area contributed by atoms with E-state index in [9.17, 15) is 5.11 Å². The molecule has 1 rings (SSSR count). The molecule has 0 saturated carbocycles. The van der Waals surface area contributed by atoms with Crippen LogP contribution >= 0.6 is 0 Å². The molecule has 72 valence electrons. The van der Waals surface area contributed by atoms with Gasteiger partial charge in [-0.3, -0.25) is 4.90 Å². The number of rotatable bonds is 3. The highest BCUT2D eigenvalue weighted by Crippen LogP contribution is 2.14. The summed E-state index contributed by atoms with van der Waals surface area (Å²) < 4.78 is 5.23. The Hall–Kier alpha value is -0.120. The minimum atomic E-state index is -0.581. The Morgan fingerprint density at radius 2 is 2.25 bits per heavy atom. The molecule has 3 heteroatoms. The van der Waals surface area contributed by atoms with Crippen molar-refractivity contribution in [3.8, 4) is 0 Å². The smallest absolute Gasteiger partial charge is 0.0718 e. The molecule has 3 nitrogen and oxygen atoms in total. The van der Waals surface area contributed by atoms with Crippen molar-refractivity contribution in [3.05, 3.63) is 0 Å². The highest BCUT2D eigenvalue weighted by molar-refractivity contribution is 4.80. The number of methoxy groups -OCH3 is 1. The Morgan fingerprint density at radius 1 is 1.58 bits per heavy atom. The monoisotopic (exact) mass is 173 g/mol. The highest BCUT2D eigenvalue weighted by Gasteiger charge is 2.26. The summed E-state index contributed by atoms with van der Waals surface area (Å²) in [7, 11) is 1.75. The van der Waals surface area contributed by atoms with E-state index in [1.807, 2.05) is 13.8 Å². The van der Waals surface area contributed by atoms with Gasteiger partial charge in [-0.15, -0.1) is 0 Å². The molecule has 1 atom stereocenters. The number of β-amino-alcohol motifs (C(OH)–C–C–N with tert-alkyl or cyclic N) is 1. The first-order valence-electron chi connectivity index (χ1n) is 4.49. The molecule has 12 heavy (non-hydrogen) atoms. The fourth-order valence-electron chi connectivity index (χ4n) is 1.68. The van der Waals surface area contributed by atoms with Gasteiger partial charge in [0.1, 0.15) is 0 Å². The van der Waals surface area contributed by atoms with E-state index in [0.29, 0.717) is 6.10 Å². The zero-order chi connectivity index (χ0) is 9.19. The number of likely N-dealkylation sites (tertiary alicyclic amines) is 1. The molecule has 0 aliphatic carbocycles. The lowest BCUT2D eigenvalue weighted by Gasteiger charge is -2.24. The first-order chi connectivity index (χ1) is 5.51.